The van der Waals surface area contributed by atoms with E-state index in [4.69, 9.17) is 0 Å². The van der Waals surface area contributed by atoms with Crippen molar-refractivity contribution in [1.29, 1.82) is 0 Å². The number of hydrogen-bond acceptors (Lipinski definition) is 6. The van der Waals surface area contributed by atoms with Crippen LogP contribution in [0.25, 0.3) is 5.65 Å². The topological polar surface area (TPSA) is 105 Å². The second-order valence-electron chi connectivity index (χ2n) is 7.18. The fourth-order valence-corrected chi connectivity index (χ4v) is 4.12. The Morgan fingerprint density at radius 2 is 1.84 bits per heavy atom. The normalized spacial score (nSPS) is 12.4. The van der Waals surface area contributed by atoms with Gasteiger partial charge in [0.15, 0.2) is 15.7 Å². The van der Waals surface area contributed by atoms with Crippen molar-refractivity contribution in [3.8, 4) is 0 Å². The Morgan fingerprint density at radius 3 is 2.44 bits per heavy atom. The Bertz CT molecular complexity index is 1420. The van der Waals surface area contributed by atoms with Gasteiger partial charge < -0.3 is 5.32 Å². The van der Waals surface area contributed by atoms with E-state index in [2.05, 4.69) is 41.4 Å². The smallest absolute Gasteiger partial charge is 0.307 e. The van der Waals surface area contributed by atoms with Gasteiger partial charge in [-0.15, -0.1) is 0 Å². The number of fused-ring (bicyclic) bond motifs is 1. The molecule has 4 rings (SSSR count). The third-order valence-electron chi connectivity index (χ3n) is 4.59. The molecule has 0 radical (unpaired) electrons. The average molecular weight is 529 g/mol. The van der Waals surface area contributed by atoms with Gasteiger partial charge in [0.1, 0.15) is 11.5 Å². The lowest BCUT2D eigenvalue weighted by molar-refractivity contribution is 0.0330. The average Bonchev–Trinajstić information content (AvgIpc) is 3.25. The molecule has 1 aromatic carbocycles. The summed E-state index contributed by atoms with van der Waals surface area (Å²) < 4.78 is 69.3. The number of sulfone groups is 1. The van der Waals surface area contributed by atoms with Crippen molar-refractivity contribution in [2.45, 2.75) is 18.6 Å². The maximum Gasteiger partial charge on any atom is 0.331 e. The van der Waals surface area contributed by atoms with E-state index in [-0.39, 0.29) is 28.9 Å². The summed E-state index contributed by atoms with van der Waals surface area (Å²) >= 11 is 3.34. The van der Waals surface area contributed by atoms with Crippen molar-refractivity contribution in [3.05, 3.63) is 69.5 Å². The van der Waals surface area contributed by atoms with Gasteiger partial charge in [0.05, 0.1) is 10.2 Å². The molecule has 0 saturated carbocycles. The van der Waals surface area contributed by atoms with Crippen LogP contribution in [0, 0.1) is 12.7 Å². The zero-order chi connectivity index (χ0) is 23.3. The lowest BCUT2D eigenvalue weighted by atomic mass is 10.1. The van der Waals surface area contributed by atoms with Crippen molar-refractivity contribution >= 4 is 43.2 Å². The molecule has 0 saturated heterocycles. The van der Waals surface area contributed by atoms with Crippen LogP contribution in [0.2, 0.25) is 0 Å². The Labute approximate surface area is 188 Å². The molecule has 0 bridgehead atoms. The van der Waals surface area contributed by atoms with Crippen LogP contribution in [0.15, 0.2) is 40.9 Å². The summed E-state index contributed by atoms with van der Waals surface area (Å²) in [6.07, 6.45) is 1.06. The summed E-state index contributed by atoms with van der Waals surface area (Å²) in [5.74, 6) is -5.34. The first-order valence-corrected chi connectivity index (χ1v) is 12.0. The molecule has 32 heavy (non-hydrogen) atoms. The van der Waals surface area contributed by atoms with Gasteiger partial charge in [-0.1, -0.05) is 0 Å². The van der Waals surface area contributed by atoms with E-state index in [0.717, 1.165) is 30.5 Å². The molecule has 0 fully saturated rings. The molecule has 0 spiro atoms. The molecule has 168 valence electrons. The van der Waals surface area contributed by atoms with E-state index in [1.807, 2.05) is 0 Å². The molecule has 2 N–H and O–H groups in total. The molecule has 3 aromatic heterocycles. The number of alkyl halides is 2. The number of anilines is 2. The van der Waals surface area contributed by atoms with Crippen molar-refractivity contribution in [1.82, 2.24) is 24.6 Å². The molecule has 0 atom stereocenters. The number of nitrogens with one attached hydrogen (secondary N) is 2. The number of hydrogen-bond donors (Lipinski definition) is 2. The molecule has 0 aliphatic carbocycles. The molecule has 4 aromatic rings. The zero-order valence-electron chi connectivity index (χ0n) is 16.7. The summed E-state index contributed by atoms with van der Waals surface area (Å²) in [5, 5.41) is 9.65. The van der Waals surface area contributed by atoms with E-state index >= 15 is 8.78 Å². The SMILES string of the molecule is Cc1[nH]nc(Nc2nc(C(F)(F)c3ccc(F)cc3)nc3ccc(CS(C)(=O)=O)n23)c1Br. The van der Waals surface area contributed by atoms with Crippen LogP contribution in [-0.2, 0) is 21.5 Å². The third-order valence-corrected chi connectivity index (χ3v) is 6.38. The number of rotatable bonds is 6. The van der Waals surface area contributed by atoms with E-state index in [1.54, 1.807) is 6.92 Å². The van der Waals surface area contributed by atoms with Crippen LogP contribution in [0.1, 0.15) is 22.8 Å². The Hall–Kier alpha value is -2.93. The highest BCUT2D eigenvalue weighted by atomic mass is 79.9. The Balaban J connectivity index is 1.91. The lowest BCUT2D eigenvalue weighted by Gasteiger charge is -2.18. The highest BCUT2D eigenvalue weighted by molar-refractivity contribution is 9.10. The Kier molecular flexibility index (Phi) is 5.49. The van der Waals surface area contributed by atoms with Crippen LogP contribution in [0.3, 0.4) is 0 Å². The zero-order valence-corrected chi connectivity index (χ0v) is 19.1. The van der Waals surface area contributed by atoms with Gasteiger partial charge in [-0.25, -0.2) is 17.8 Å². The maximum atomic E-state index is 15.2. The minimum absolute atomic E-state index is 0.0568. The number of aryl methyl sites for hydroxylation is 1. The molecule has 3 heterocycles. The van der Waals surface area contributed by atoms with E-state index in [1.165, 1.54) is 16.5 Å². The van der Waals surface area contributed by atoms with Gasteiger partial charge in [-0.05, 0) is 59.3 Å². The van der Waals surface area contributed by atoms with E-state index in [0.29, 0.717) is 10.2 Å². The van der Waals surface area contributed by atoms with Crippen molar-refractivity contribution < 1.29 is 21.6 Å². The summed E-state index contributed by atoms with van der Waals surface area (Å²) in [6.45, 7) is 1.75. The monoisotopic (exact) mass is 528 g/mol. The van der Waals surface area contributed by atoms with Gasteiger partial charge in [-0.3, -0.25) is 9.50 Å². The molecular weight excluding hydrogens is 513 g/mol. The third kappa shape index (κ3) is 4.21. The number of aromatic amines is 1. The molecule has 0 unspecified atom stereocenters. The fraction of sp³-hybridized carbons (Fsp3) is 0.211. The number of nitrogens with zero attached hydrogens (tertiary/aromatic N) is 4. The fourth-order valence-electron chi connectivity index (χ4n) is 3.08. The summed E-state index contributed by atoms with van der Waals surface area (Å²) in [7, 11) is -3.44. The van der Waals surface area contributed by atoms with Crippen molar-refractivity contribution in [2.75, 3.05) is 11.6 Å². The van der Waals surface area contributed by atoms with Crippen molar-refractivity contribution in [3.63, 3.8) is 0 Å². The van der Waals surface area contributed by atoms with Gasteiger partial charge in [0, 0.05) is 23.2 Å². The quantitative estimate of drug-likeness (QED) is 0.390. The Morgan fingerprint density at radius 1 is 1.16 bits per heavy atom. The highest BCUT2D eigenvalue weighted by Crippen LogP contribution is 2.35. The van der Waals surface area contributed by atoms with Crippen LogP contribution in [-0.4, -0.2) is 39.2 Å². The molecule has 0 aliphatic rings. The molecule has 0 aliphatic heterocycles. The molecular formula is C19H16BrF3N6O2S. The van der Waals surface area contributed by atoms with Crippen LogP contribution >= 0.6 is 15.9 Å². The first-order valence-electron chi connectivity index (χ1n) is 9.13. The van der Waals surface area contributed by atoms with E-state index < -0.39 is 33.0 Å². The number of H-pyrrole nitrogens is 1. The summed E-state index contributed by atoms with van der Waals surface area (Å²) in [5.41, 5.74) is 0.527. The minimum Gasteiger partial charge on any atom is -0.307 e. The molecule has 8 nitrogen and oxygen atoms in total. The standard InChI is InChI=1S/C19H16BrF3N6O2S/c1-10-15(20)16(28-27-10)25-18-26-17(19(22,23)11-3-5-12(21)6-4-11)24-14-8-7-13(29(14)18)9-32(2,30)31/h3-8H,9H2,1-2H3,(H2,24,25,26,27,28). The van der Waals surface area contributed by atoms with Crippen LogP contribution in [0.5, 0.6) is 0 Å². The lowest BCUT2D eigenvalue weighted by Crippen LogP contribution is -2.21. The predicted molar refractivity (Wildman–Crippen MR) is 115 cm³/mol. The number of benzene rings is 1. The van der Waals surface area contributed by atoms with Crippen LogP contribution < -0.4 is 5.32 Å². The van der Waals surface area contributed by atoms with E-state index in [9.17, 15) is 12.8 Å². The first-order chi connectivity index (χ1) is 15.0. The summed E-state index contributed by atoms with van der Waals surface area (Å²) in [6, 6.07) is 6.65. The van der Waals surface area contributed by atoms with Gasteiger partial charge in [-0.2, -0.15) is 18.9 Å². The van der Waals surface area contributed by atoms with Crippen molar-refractivity contribution in [2.24, 2.45) is 0 Å². The van der Waals surface area contributed by atoms with Crippen LogP contribution in [0.4, 0.5) is 24.9 Å². The first kappa shape index (κ1) is 22.3. The second kappa shape index (κ2) is 7.89. The van der Waals surface area contributed by atoms with Gasteiger partial charge in [0.2, 0.25) is 11.8 Å². The maximum absolute atomic E-state index is 15.2. The molecule has 0 amide bonds. The summed E-state index contributed by atoms with van der Waals surface area (Å²) in [4.78, 5) is 7.97. The molecule has 13 heteroatoms. The number of aromatic nitrogens is 5. The largest absolute Gasteiger partial charge is 0.331 e. The van der Waals surface area contributed by atoms with Gasteiger partial charge in [0.25, 0.3) is 0 Å². The highest BCUT2D eigenvalue weighted by Gasteiger charge is 2.38. The predicted octanol–water partition coefficient (Wildman–Crippen LogP) is 4.09. The number of halogens is 4. The second-order valence-corrected chi connectivity index (χ2v) is 10.1. The van der Waals surface area contributed by atoms with Gasteiger partial charge >= 0.3 is 5.92 Å². The minimum atomic E-state index is -3.65.